The van der Waals surface area contributed by atoms with Crippen LogP contribution in [0.5, 0.6) is 5.75 Å². The van der Waals surface area contributed by atoms with Crippen molar-refractivity contribution in [2.24, 2.45) is 0 Å². The molecule has 27 heavy (non-hydrogen) atoms. The maximum absolute atomic E-state index is 12.6. The van der Waals surface area contributed by atoms with Crippen LogP contribution in [0.15, 0.2) is 24.3 Å². The van der Waals surface area contributed by atoms with Crippen molar-refractivity contribution in [1.82, 2.24) is 10.6 Å². The van der Waals surface area contributed by atoms with Crippen LogP contribution in [-0.2, 0) is 20.5 Å². The van der Waals surface area contributed by atoms with E-state index in [2.05, 4.69) is 5.32 Å². The first kappa shape index (κ1) is 22.3. The summed E-state index contributed by atoms with van der Waals surface area (Å²) in [5.41, 5.74) is -1.49. The third kappa shape index (κ3) is 8.43. The molecule has 0 bridgehead atoms. The average molecular weight is 390 g/mol. The minimum absolute atomic E-state index is 0.177. The van der Waals surface area contributed by atoms with E-state index in [1.165, 1.54) is 13.0 Å². The Morgan fingerprint density at radius 2 is 1.78 bits per heavy atom. The SMILES string of the molecule is CC(OC(=O)COc1cccc(C(F)(F)F)c1)C(=O)NC(=O)NC(C)(C)C. The number of carbonyl (C=O) groups excluding carboxylic acids is 3. The number of esters is 1. The number of benzene rings is 1. The first-order chi connectivity index (χ1) is 12.3. The number of hydrogen-bond acceptors (Lipinski definition) is 5. The highest BCUT2D eigenvalue weighted by atomic mass is 19.4. The molecular weight excluding hydrogens is 369 g/mol. The molecule has 0 aliphatic heterocycles. The number of nitrogens with one attached hydrogen (secondary N) is 2. The number of amides is 3. The van der Waals surface area contributed by atoms with Gasteiger partial charge in [0.15, 0.2) is 12.7 Å². The molecule has 0 heterocycles. The number of carbonyl (C=O) groups is 3. The molecule has 1 aromatic carbocycles. The van der Waals surface area contributed by atoms with Crippen molar-refractivity contribution in [3.05, 3.63) is 29.8 Å². The Balaban J connectivity index is 2.50. The predicted molar refractivity (Wildman–Crippen MR) is 88.9 cm³/mol. The Kier molecular flexibility index (Phi) is 7.21. The molecule has 150 valence electrons. The number of alkyl halides is 3. The van der Waals surface area contributed by atoms with E-state index in [0.29, 0.717) is 0 Å². The molecule has 1 rings (SSSR count). The van der Waals surface area contributed by atoms with Gasteiger partial charge in [0, 0.05) is 5.54 Å². The molecule has 0 saturated heterocycles. The molecule has 10 heteroatoms. The highest BCUT2D eigenvalue weighted by Crippen LogP contribution is 2.31. The van der Waals surface area contributed by atoms with Gasteiger partial charge < -0.3 is 14.8 Å². The molecule has 2 N–H and O–H groups in total. The van der Waals surface area contributed by atoms with Crippen LogP contribution in [0.1, 0.15) is 33.3 Å². The van der Waals surface area contributed by atoms with E-state index in [4.69, 9.17) is 9.47 Å². The van der Waals surface area contributed by atoms with Gasteiger partial charge in [-0.15, -0.1) is 0 Å². The van der Waals surface area contributed by atoms with Gasteiger partial charge >= 0.3 is 18.2 Å². The second kappa shape index (κ2) is 8.74. The fraction of sp³-hybridized carbons (Fsp3) is 0.471. The molecule has 1 unspecified atom stereocenters. The van der Waals surface area contributed by atoms with Gasteiger partial charge in [0.2, 0.25) is 0 Å². The lowest BCUT2D eigenvalue weighted by atomic mass is 10.1. The van der Waals surface area contributed by atoms with Crippen molar-refractivity contribution in [2.45, 2.75) is 45.5 Å². The number of imide groups is 1. The normalized spacial score (nSPS) is 12.7. The van der Waals surface area contributed by atoms with Crippen molar-refractivity contribution in [1.29, 1.82) is 0 Å². The van der Waals surface area contributed by atoms with Gasteiger partial charge in [-0.05, 0) is 45.9 Å². The summed E-state index contributed by atoms with van der Waals surface area (Å²) in [5, 5.41) is 4.50. The average Bonchev–Trinajstić information content (AvgIpc) is 2.50. The van der Waals surface area contributed by atoms with Gasteiger partial charge in [0.05, 0.1) is 5.56 Å². The Labute approximate surface area is 154 Å². The Hall–Kier alpha value is -2.78. The van der Waals surface area contributed by atoms with Crippen LogP contribution >= 0.6 is 0 Å². The van der Waals surface area contributed by atoms with Gasteiger partial charge in [-0.3, -0.25) is 10.1 Å². The van der Waals surface area contributed by atoms with E-state index in [-0.39, 0.29) is 5.75 Å². The van der Waals surface area contributed by atoms with Crippen molar-refractivity contribution >= 4 is 17.9 Å². The second-order valence-electron chi connectivity index (χ2n) is 6.64. The number of halogens is 3. The molecule has 0 radical (unpaired) electrons. The van der Waals surface area contributed by atoms with E-state index in [1.807, 2.05) is 5.32 Å². The third-order valence-corrected chi connectivity index (χ3v) is 2.92. The largest absolute Gasteiger partial charge is 0.482 e. The fourth-order valence-electron chi connectivity index (χ4n) is 1.77. The first-order valence-electron chi connectivity index (χ1n) is 7.90. The molecule has 0 saturated carbocycles. The molecule has 0 aliphatic rings. The monoisotopic (exact) mass is 390 g/mol. The summed E-state index contributed by atoms with van der Waals surface area (Å²) in [6, 6.07) is 3.22. The molecule has 1 atom stereocenters. The van der Waals surface area contributed by atoms with Crippen LogP contribution in [0.25, 0.3) is 0 Å². The molecule has 1 aromatic rings. The van der Waals surface area contributed by atoms with E-state index in [9.17, 15) is 27.6 Å². The minimum Gasteiger partial charge on any atom is -0.482 e. The zero-order valence-corrected chi connectivity index (χ0v) is 15.3. The van der Waals surface area contributed by atoms with Gasteiger partial charge in [0.25, 0.3) is 5.91 Å². The van der Waals surface area contributed by atoms with Crippen LogP contribution in [-0.4, -0.2) is 36.2 Å². The van der Waals surface area contributed by atoms with E-state index in [0.717, 1.165) is 18.2 Å². The van der Waals surface area contributed by atoms with Crippen LogP contribution in [0.3, 0.4) is 0 Å². The summed E-state index contributed by atoms with van der Waals surface area (Å²) in [6.45, 7) is 5.68. The summed E-state index contributed by atoms with van der Waals surface area (Å²) in [7, 11) is 0. The van der Waals surface area contributed by atoms with Crippen molar-refractivity contribution < 1.29 is 37.0 Å². The molecule has 3 amide bonds. The van der Waals surface area contributed by atoms with Gasteiger partial charge in [-0.1, -0.05) is 6.07 Å². The zero-order chi connectivity index (χ0) is 20.8. The molecular formula is C17H21F3N2O5. The summed E-state index contributed by atoms with van der Waals surface area (Å²) in [4.78, 5) is 35.0. The Morgan fingerprint density at radius 3 is 2.33 bits per heavy atom. The summed E-state index contributed by atoms with van der Waals surface area (Å²) in [6.07, 6.45) is -5.84. The third-order valence-electron chi connectivity index (χ3n) is 2.92. The minimum atomic E-state index is -4.54. The molecule has 0 aliphatic carbocycles. The molecule has 0 aromatic heterocycles. The van der Waals surface area contributed by atoms with E-state index >= 15 is 0 Å². The summed E-state index contributed by atoms with van der Waals surface area (Å²) < 4.78 is 47.6. The number of rotatable bonds is 5. The Bertz CT molecular complexity index is 699. The van der Waals surface area contributed by atoms with Crippen molar-refractivity contribution in [2.75, 3.05) is 6.61 Å². The fourth-order valence-corrected chi connectivity index (χ4v) is 1.77. The topological polar surface area (TPSA) is 93.7 Å². The summed E-state index contributed by atoms with van der Waals surface area (Å²) in [5.74, 6) is -2.01. The Morgan fingerprint density at radius 1 is 1.15 bits per heavy atom. The standard InChI is InChI=1S/C17H21F3N2O5/c1-10(14(24)21-15(25)22-16(2,3)4)27-13(23)9-26-12-7-5-6-11(8-12)17(18,19)20/h5-8,10H,9H2,1-4H3,(H2,21,22,24,25). The van der Waals surface area contributed by atoms with Crippen LogP contribution in [0, 0.1) is 0 Å². The lowest BCUT2D eigenvalue weighted by Crippen LogP contribution is -2.50. The quantitative estimate of drug-likeness (QED) is 0.754. The van der Waals surface area contributed by atoms with Crippen LogP contribution in [0.2, 0.25) is 0 Å². The molecule has 0 fully saturated rings. The van der Waals surface area contributed by atoms with Crippen molar-refractivity contribution in [3.63, 3.8) is 0 Å². The smallest absolute Gasteiger partial charge is 0.416 e. The molecule has 0 spiro atoms. The van der Waals surface area contributed by atoms with E-state index in [1.54, 1.807) is 20.8 Å². The van der Waals surface area contributed by atoms with Crippen LogP contribution < -0.4 is 15.4 Å². The van der Waals surface area contributed by atoms with E-state index < -0.39 is 47.9 Å². The lowest BCUT2D eigenvalue weighted by molar-refractivity contribution is -0.156. The molecule has 7 nitrogen and oxygen atoms in total. The number of ether oxygens (including phenoxy) is 2. The first-order valence-corrected chi connectivity index (χ1v) is 7.90. The highest BCUT2D eigenvalue weighted by molar-refractivity contribution is 5.97. The van der Waals surface area contributed by atoms with Gasteiger partial charge in [-0.2, -0.15) is 13.2 Å². The number of hydrogen-bond donors (Lipinski definition) is 2. The van der Waals surface area contributed by atoms with Gasteiger partial charge in [-0.25, -0.2) is 9.59 Å². The maximum Gasteiger partial charge on any atom is 0.416 e. The highest BCUT2D eigenvalue weighted by Gasteiger charge is 2.30. The number of urea groups is 1. The maximum atomic E-state index is 12.6. The lowest BCUT2D eigenvalue weighted by Gasteiger charge is -2.21. The van der Waals surface area contributed by atoms with Crippen LogP contribution in [0.4, 0.5) is 18.0 Å². The van der Waals surface area contributed by atoms with Gasteiger partial charge in [0.1, 0.15) is 5.75 Å². The second-order valence-corrected chi connectivity index (χ2v) is 6.64. The van der Waals surface area contributed by atoms with Crippen molar-refractivity contribution in [3.8, 4) is 5.75 Å². The zero-order valence-electron chi connectivity index (χ0n) is 15.3. The predicted octanol–water partition coefficient (Wildman–Crippen LogP) is 2.64. The summed E-state index contributed by atoms with van der Waals surface area (Å²) >= 11 is 0.